The first-order valence-corrected chi connectivity index (χ1v) is 7.74. The lowest BCUT2D eigenvalue weighted by Crippen LogP contribution is -2.37. The van der Waals surface area contributed by atoms with Gasteiger partial charge in [-0.1, -0.05) is 16.7 Å². The van der Waals surface area contributed by atoms with Crippen LogP contribution in [0.3, 0.4) is 0 Å². The molecule has 3 unspecified atom stereocenters. The molecule has 1 aromatic heterocycles. The van der Waals surface area contributed by atoms with Gasteiger partial charge in [-0.3, -0.25) is 4.79 Å². The lowest BCUT2D eigenvalue weighted by Gasteiger charge is -2.33. The molecule has 0 bridgehead atoms. The van der Waals surface area contributed by atoms with Gasteiger partial charge in [-0.2, -0.15) is 0 Å². The number of hydrogen-bond acceptors (Lipinski definition) is 4. The van der Waals surface area contributed by atoms with E-state index in [0.29, 0.717) is 5.02 Å². The Kier molecular flexibility index (Phi) is 4.94. The fraction of sp³-hybridized carbons (Fsp3) is 0.312. The molecule has 0 spiro atoms. The van der Waals surface area contributed by atoms with E-state index in [4.69, 9.17) is 26.6 Å². The van der Waals surface area contributed by atoms with E-state index in [1.54, 1.807) is 18.9 Å². The fourth-order valence-electron chi connectivity index (χ4n) is 2.67. The van der Waals surface area contributed by atoms with Gasteiger partial charge in [-0.15, -0.1) is 0 Å². The molecule has 3 rings (SSSR count). The van der Waals surface area contributed by atoms with E-state index < -0.39 is 18.4 Å². The summed E-state index contributed by atoms with van der Waals surface area (Å²) in [6.45, 7) is 1.41. The molecule has 2 heterocycles. The maximum Gasteiger partial charge on any atom is 0.302 e. The molecular weight excluding hydrogens is 332 g/mol. The zero-order chi connectivity index (χ0) is 17.1. The highest BCUT2D eigenvalue weighted by Gasteiger charge is 2.31. The number of carbonyl (C=O) groups is 1. The molecule has 1 fully saturated rings. The zero-order valence-electron chi connectivity index (χ0n) is 12.9. The standard InChI is InChI=1S/C16H15ClN4O3/c1-10(22)23-9-14-7-13(19-20-18)8-16(24-14)21-5-4-11-6-12(17)2-3-15(11)21/h2-8,13-14,16H,9H2,1H3. The number of fused-ring (bicyclic) bond motifs is 1. The van der Waals surface area contributed by atoms with E-state index in [2.05, 4.69) is 10.0 Å². The van der Waals surface area contributed by atoms with Gasteiger partial charge in [-0.05, 0) is 29.8 Å². The Morgan fingerprint density at radius 1 is 1.46 bits per heavy atom. The topological polar surface area (TPSA) is 89.2 Å². The van der Waals surface area contributed by atoms with E-state index in [-0.39, 0.29) is 12.6 Å². The second-order valence-corrected chi connectivity index (χ2v) is 5.81. The molecule has 0 N–H and O–H groups in total. The highest BCUT2D eigenvalue weighted by molar-refractivity contribution is 6.31. The largest absolute Gasteiger partial charge is 0.463 e. The number of ether oxygens (including phenoxy) is 2. The molecule has 7 nitrogen and oxygen atoms in total. The van der Waals surface area contributed by atoms with Crippen LogP contribution >= 0.6 is 11.6 Å². The molecule has 8 heteroatoms. The predicted molar refractivity (Wildman–Crippen MR) is 89.0 cm³/mol. The number of benzene rings is 1. The number of rotatable bonds is 4. The highest BCUT2D eigenvalue weighted by Crippen LogP contribution is 2.32. The van der Waals surface area contributed by atoms with Crippen LogP contribution in [-0.2, 0) is 14.3 Å². The zero-order valence-corrected chi connectivity index (χ0v) is 13.6. The van der Waals surface area contributed by atoms with Crippen molar-refractivity contribution in [2.75, 3.05) is 6.61 Å². The summed E-state index contributed by atoms with van der Waals surface area (Å²) in [5.41, 5.74) is 9.65. The average molecular weight is 347 g/mol. The predicted octanol–water partition coefficient (Wildman–Crippen LogP) is 3.84. The number of esters is 1. The number of halogens is 1. The van der Waals surface area contributed by atoms with Crippen LogP contribution in [0.15, 0.2) is 35.6 Å². The molecule has 2 radical (unpaired) electrons. The number of aromatic nitrogens is 1. The van der Waals surface area contributed by atoms with Gasteiger partial charge in [0.1, 0.15) is 12.8 Å². The molecule has 24 heavy (non-hydrogen) atoms. The molecule has 1 aliphatic heterocycles. The minimum absolute atomic E-state index is 0.0716. The third-order valence-electron chi connectivity index (χ3n) is 3.68. The second-order valence-electron chi connectivity index (χ2n) is 5.37. The third kappa shape index (κ3) is 3.64. The van der Waals surface area contributed by atoms with Crippen molar-refractivity contribution in [2.45, 2.75) is 25.3 Å². The van der Waals surface area contributed by atoms with Crippen molar-refractivity contribution in [3.8, 4) is 0 Å². The summed E-state index contributed by atoms with van der Waals surface area (Å²) in [5.74, 6) is -0.389. The summed E-state index contributed by atoms with van der Waals surface area (Å²) < 4.78 is 12.9. The van der Waals surface area contributed by atoms with Crippen molar-refractivity contribution in [1.29, 1.82) is 0 Å². The summed E-state index contributed by atoms with van der Waals surface area (Å²) in [5, 5.41) is 5.36. The van der Waals surface area contributed by atoms with E-state index in [1.807, 2.05) is 29.0 Å². The molecule has 124 valence electrons. The van der Waals surface area contributed by atoms with Gasteiger partial charge in [0.25, 0.3) is 0 Å². The summed E-state index contributed by atoms with van der Waals surface area (Å²) in [6, 6.07) is 7.04. The minimum atomic E-state index is -0.468. The summed E-state index contributed by atoms with van der Waals surface area (Å²) in [4.78, 5) is 13.9. The smallest absolute Gasteiger partial charge is 0.302 e. The van der Waals surface area contributed by atoms with Crippen molar-refractivity contribution in [2.24, 2.45) is 5.11 Å². The Morgan fingerprint density at radius 3 is 3.04 bits per heavy atom. The Bertz CT molecular complexity index is 800. The van der Waals surface area contributed by atoms with Crippen LogP contribution in [0.4, 0.5) is 0 Å². The Morgan fingerprint density at radius 2 is 2.29 bits per heavy atom. The number of carbonyl (C=O) groups excluding carboxylic acids is 1. The molecule has 0 saturated carbocycles. The number of azide groups is 1. The van der Waals surface area contributed by atoms with Crippen molar-refractivity contribution >= 4 is 28.5 Å². The number of nitrogens with zero attached hydrogens (tertiary/aromatic N) is 4. The van der Waals surface area contributed by atoms with E-state index in [0.717, 1.165) is 10.9 Å². The Labute approximate surface area is 143 Å². The quantitative estimate of drug-likeness (QED) is 0.364. The Balaban J connectivity index is 1.86. The van der Waals surface area contributed by atoms with Crippen LogP contribution in [0, 0.1) is 12.8 Å². The van der Waals surface area contributed by atoms with Gasteiger partial charge in [0.15, 0.2) is 0 Å². The van der Waals surface area contributed by atoms with E-state index >= 15 is 0 Å². The SMILES string of the molecule is CC(=O)OCC1[CH]C(N=[N+]=[N-])[CH]C(n2ccc3cc(Cl)ccc32)O1. The van der Waals surface area contributed by atoms with Crippen molar-refractivity contribution in [1.82, 2.24) is 4.57 Å². The normalized spacial score (nSPS) is 23.7. The maximum absolute atomic E-state index is 11.0. The highest BCUT2D eigenvalue weighted by atomic mass is 35.5. The molecular formula is C16H15ClN4O3. The second kappa shape index (κ2) is 7.13. The molecule has 1 saturated heterocycles. The van der Waals surface area contributed by atoms with E-state index in [9.17, 15) is 4.79 Å². The third-order valence-corrected chi connectivity index (χ3v) is 3.92. The lowest BCUT2D eigenvalue weighted by molar-refractivity contribution is -0.147. The molecule has 0 amide bonds. The van der Waals surface area contributed by atoms with Crippen LogP contribution in [-0.4, -0.2) is 29.3 Å². The first kappa shape index (κ1) is 16.6. The molecule has 2 aromatic rings. The van der Waals surface area contributed by atoms with Crippen LogP contribution in [0.5, 0.6) is 0 Å². The first-order valence-electron chi connectivity index (χ1n) is 7.36. The summed E-state index contributed by atoms with van der Waals surface area (Å²) >= 11 is 6.02. The lowest BCUT2D eigenvalue weighted by atomic mass is 10.0. The number of hydrogen-bond donors (Lipinski definition) is 0. The van der Waals surface area contributed by atoms with Crippen LogP contribution in [0.2, 0.25) is 5.02 Å². The average Bonchev–Trinajstić information content (AvgIpc) is 2.96. The fourth-order valence-corrected chi connectivity index (χ4v) is 2.85. The first-order chi connectivity index (χ1) is 11.6. The van der Waals surface area contributed by atoms with Crippen molar-refractivity contribution < 1.29 is 14.3 Å². The Hall–Kier alpha value is -2.21. The van der Waals surface area contributed by atoms with Gasteiger partial charge >= 0.3 is 5.97 Å². The van der Waals surface area contributed by atoms with E-state index in [1.165, 1.54) is 6.92 Å². The van der Waals surface area contributed by atoms with Crippen LogP contribution in [0.1, 0.15) is 13.2 Å². The minimum Gasteiger partial charge on any atom is -0.463 e. The summed E-state index contributed by atoms with van der Waals surface area (Å²) in [7, 11) is 0. The van der Waals surface area contributed by atoms with Gasteiger partial charge in [0, 0.05) is 41.3 Å². The molecule has 1 aliphatic rings. The molecule has 3 atom stereocenters. The van der Waals surface area contributed by atoms with Crippen molar-refractivity contribution in [3.05, 3.63) is 58.8 Å². The summed E-state index contributed by atoms with van der Waals surface area (Å²) in [6.07, 6.45) is 4.46. The molecule has 0 aliphatic carbocycles. The maximum atomic E-state index is 11.0. The van der Waals surface area contributed by atoms with Crippen LogP contribution < -0.4 is 0 Å². The molecule has 1 aromatic carbocycles. The van der Waals surface area contributed by atoms with Gasteiger partial charge < -0.3 is 14.0 Å². The van der Waals surface area contributed by atoms with Gasteiger partial charge in [-0.25, -0.2) is 0 Å². The van der Waals surface area contributed by atoms with Crippen LogP contribution in [0.25, 0.3) is 21.3 Å². The van der Waals surface area contributed by atoms with Gasteiger partial charge in [0.05, 0.1) is 17.7 Å². The monoisotopic (exact) mass is 346 g/mol. The van der Waals surface area contributed by atoms with Gasteiger partial charge in [0.2, 0.25) is 0 Å². The van der Waals surface area contributed by atoms with Crippen molar-refractivity contribution in [3.63, 3.8) is 0 Å².